The molecule has 0 bridgehead atoms. The van der Waals surface area contributed by atoms with E-state index in [-0.39, 0.29) is 0 Å². The standard InChI is InChI=1S/C17H23N3O3/c21-12-18-15-8-4-3-7-11-17(15,20-14-23)16(19-13-22)9-5-1-2-6-10-16/h15H,1-11H2. The monoisotopic (exact) mass is 317 g/mol. The van der Waals surface area contributed by atoms with E-state index in [0.29, 0.717) is 25.7 Å². The normalized spacial score (nSPS) is 30.5. The molecule has 0 N–H and O–H groups in total. The zero-order valence-corrected chi connectivity index (χ0v) is 13.4. The van der Waals surface area contributed by atoms with Crippen molar-refractivity contribution in [3.63, 3.8) is 0 Å². The van der Waals surface area contributed by atoms with Crippen LogP contribution in [0.25, 0.3) is 0 Å². The van der Waals surface area contributed by atoms with Crippen molar-refractivity contribution in [3.05, 3.63) is 0 Å². The number of rotatable bonds is 4. The van der Waals surface area contributed by atoms with E-state index in [1.54, 1.807) is 18.2 Å². The molecule has 0 aromatic heterocycles. The largest absolute Gasteiger partial charge is 0.235 e. The minimum Gasteiger partial charge on any atom is -0.211 e. The van der Waals surface area contributed by atoms with Gasteiger partial charge >= 0.3 is 0 Å². The second kappa shape index (κ2) is 8.12. The van der Waals surface area contributed by atoms with Crippen LogP contribution in [0.15, 0.2) is 15.0 Å². The van der Waals surface area contributed by atoms with Crippen LogP contribution in [0.5, 0.6) is 0 Å². The molecule has 124 valence electrons. The minimum atomic E-state index is -0.968. The van der Waals surface area contributed by atoms with Crippen LogP contribution in [0.4, 0.5) is 0 Å². The van der Waals surface area contributed by atoms with E-state index < -0.39 is 17.1 Å². The van der Waals surface area contributed by atoms with Gasteiger partial charge < -0.3 is 0 Å². The van der Waals surface area contributed by atoms with E-state index >= 15 is 0 Å². The van der Waals surface area contributed by atoms with Crippen molar-refractivity contribution >= 4 is 18.2 Å². The van der Waals surface area contributed by atoms with Crippen LogP contribution in [0, 0.1) is 0 Å². The Hall–Kier alpha value is -1.86. The van der Waals surface area contributed by atoms with Gasteiger partial charge in [-0.05, 0) is 25.7 Å². The summed E-state index contributed by atoms with van der Waals surface area (Å²) in [4.78, 5) is 45.7. The number of aliphatic imine (C=N–C) groups is 3. The predicted molar refractivity (Wildman–Crippen MR) is 84.4 cm³/mol. The fourth-order valence-corrected chi connectivity index (χ4v) is 4.45. The first-order valence-electron chi connectivity index (χ1n) is 8.50. The lowest BCUT2D eigenvalue weighted by molar-refractivity contribution is 0.154. The van der Waals surface area contributed by atoms with Gasteiger partial charge in [0.15, 0.2) is 0 Å². The molecule has 0 spiro atoms. The first-order chi connectivity index (χ1) is 11.2. The average molecular weight is 317 g/mol. The van der Waals surface area contributed by atoms with Crippen molar-refractivity contribution in [1.29, 1.82) is 0 Å². The lowest BCUT2D eigenvalue weighted by Gasteiger charge is -2.45. The molecule has 0 amide bonds. The second-order valence-corrected chi connectivity index (χ2v) is 6.61. The molecule has 2 rings (SSSR count). The highest BCUT2D eigenvalue weighted by Gasteiger charge is 2.57. The Morgan fingerprint density at radius 1 is 0.696 bits per heavy atom. The van der Waals surface area contributed by atoms with Crippen LogP contribution in [0.3, 0.4) is 0 Å². The maximum atomic E-state index is 11.2. The summed E-state index contributed by atoms with van der Waals surface area (Å²) >= 11 is 0. The van der Waals surface area contributed by atoms with Crippen molar-refractivity contribution in [3.8, 4) is 0 Å². The maximum Gasteiger partial charge on any atom is 0.235 e. The van der Waals surface area contributed by atoms with Gasteiger partial charge in [0, 0.05) is 0 Å². The van der Waals surface area contributed by atoms with E-state index in [2.05, 4.69) is 15.0 Å². The third kappa shape index (κ3) is 3.40. The summed E-state index contributed by atoms with van der Waals surface area (Å²) in [7, 11) is 0. The molecule has 2 atom stereocenters. The van der Waals surface area contributed by atoms with Crippen molar-refractivity contribution in [2.75, 3.05) is 0 Å². The minimum absolute atomic E-state index is 0.473. The van der Waals surface area contributed by atoms with E-state index in [9.17, 15) is 14.4 Å². The average Bonchev–Trinajstić information content (AvgIpc) is 2.90. The van der Waals surface area contributed by atoms with Crippen LogP contribution in [0.2, 0.25) is 0 Å². The molecular formula is C17H23N3O3. The Morgan fingerprint density at radius 2 is 1.30 bits per heavy atom. The molecule has 6 nitrogen and oxygen atoms in total. The predicted octanol–water partition coefficient (Wildman–Crippen LogP) is 3.16. The lowest BCUT2D eigenvalue weighted by Crippen LogP contribution is -2.57. The van der Waals surface area contributed by atoms with E-state index in [4.69, 9.17) is 0 Å². The van der Waals surface area contributed by atoms with Gasteiger partial charge in [-0.3, -0.25) is 0 Å². The van der Waals surface area contributed by atoms with Gasteiger partial charge in [0.05, 0.1) is 6.04 Å². The van der Waals surface area contributed by atoms with Crippen molar-refractivity contribution in [1.82, 2.24) is 0 Å². The van der Waals surface area contributed by atoms with Crippen molar-refractivity contribution in [2.45, 2.75) is 87.7 Å². The van der Waals surface area contributed by atoms with Crippen LogP contribution in [0.1, 0.15) is 70.6 Å². The number of hydrogen-bond donors (Lipinski definition) is 0. The summed E-state index contributed by atoms with van der Waals surface area (Å²) in [6.45, 7) is 0. The molecular weight excluding hydrogens is 294 g/mol. The molecule has 0 aromatic carbocycles. The quantitative estimate of drug-likeness (QED) is 0.453. The smallest absolute Gasteiger partial charge is 0.211 e. The molecule has 6 heteroatoms. The van der Waals surface area contributed by atoms with Gasteiger partial charge in [0.1, 0.15) is 11.1 Å². The Balaban J connectivity index is 2.63. The summed E-state index contributed by atoms with van der Waals surface area (Å²) in [5, 5.41) is 0. The fraction of sp³-hybridized carbons (Fsp3) is 0.824. The van der Waals surface area contributed by atoms with Crippen molar-refractivity contribution < 1.29 is 14.4 Å². The Labute approximate surface area is 136 Å². The molecule has 0 aromatic rings. The molecule has 2 saturated carbocycles. The highest BCUT2D eigenvalue weighted by molar-refractivity contribution is 5.43. The zero-order valence-electron chi connectivity index (χ0n) is 13.4. The maximum absolute atomic E-state index is 11.2. The number of nitrogens with zero attached hydrogens (tertiary/aromatic N) is 3. The molecule has 0 aliphatic heterocycles. The summed E-state index contributed by atoms with van der Waals surface area (Å²) in [5.74, 6) is 0. The molecule has 2 fully saturated rings. The Bertz CT molecular complexity index is 549. The van der Waals surface area contributed by atoms with Crippen LogP contribution < -0.4 is 0 Å². The highest BCUT2D eigenvalue weighted by atomic mass is 16.1. The summed E-state index contributed by atoms with van der Waals surface area (Å²) in [6.07, 6.45) is 14.3. The third-order valence-corrected chi connectivity index (χ3v) is 5.54. The van der Waals surface area contributed by atoms with Gasteiger partial charge in [0.25, 0.3) is 0 Å². The summed E-state index contributed by atoms with van der Waals surface area (Å²) in [6, 6.07) is -0.473. The first-order valence-corrected chi connectivity index (χ1v) is 8.50. The van der Waals surface area contributed by atoms with Crippen molar-refractivity contribution in [2.24, 2.45) is 15.0 Å². The highest BCUT2D eigenvalue weighted by Crippen LogP contribution is 2.49. The molecule has 0 heterocycles. The van der Waals surface area contributed by atoms with Gasteiger partial charge in [0.2, 0.25) is 18.2 Å². The Kier molecular flexibility index (Phi) is 6.18. The molecule has 0 radical (unpaired) electrons. The van der Waals surface area contributed by atoms with E-state index in [0.717, 1.165) is 44.9 Å². The molecule has 0 saturated heterocycles. The molecule has 2 aliphatic carbocycles. The van der Waals surface area contributed by atoms with Gasteiger partial charge in [-0.2, -0.15) is 15.0 Å². The van der Waals surface area contributed by atoms with E-state index in [1.165, 1.54) is 0 Å². The zero-order chi connectivity index (χ0) is 16.6. The third-order valence-electron chi connectivity index (χ3n) is 5.54. The molecule has 2 unspecified atom stereocenters. The fourth-order valence-electron chi connectivity index (χ4n) is 4.45. The number of hydrogen-bond acceptors (Lipinski definition) is 6. The lowest BCUT2D eigenvalue weighted by atomic mass is 9.66. The van der Waals surface area contributed by atoms with Gasteiger partial charge in [-0.25, -0.2) is 14.4 Å². The van der Waals surface area contributed by atoms with Crippen LogP contribution in [-0.4, -0.2) is 35.4 Å². The molecule has 2 aliphatic rings. The van der Waals surface area contributed by atoms with Gasteiger partial charge in [-0.15, -0.1) is 0 Å². The SMILES string of the molecule is O=C=NC1CCCCCC1(N=C=O)C1(N=C=O)CCCCCC1. The van der Waals surface area contributed by atoms with E-state index in [1.807, 2.05) is 0 Å². The number of carbonyl (C=O) groups excluding carboxylic acids is 3. The van der Waals surface area contributed by atoms with Crippen LogP contribution in [-0.2, 0) is 14.4 Å². The second-order valence-electron chi connectivity index (χ2n) is 6.61. The van der Waals surface area contributed by atoms with Crippen LogP contribution >= 0.6 is 0 Å². The Morgan fingerprint density at radius 3 is 1.91 bits per heavy atom. The first kappa shape index (κ1) is 17.5. The summed E-state index contributed by atoms with van der Waals surface area (Å²) < 4.78 is 0. The topological polar surface area (TPSA) is 88.3 Å². The number of isocyanates is 3. The van der Waals surface area contributed by atoms with Gasteiger partial charge in [-0.1, -0.05) is 44.9 Å². The molecule has 23 heavy (non-hydrogen) atoms. The summed E-state index contributed by atoms with van der Waals surface area (Å²) in [5.41, 5.74) is -1.78.